The summed E-state index contributed by atoms with van der Waals surface area (Å²) in [5.74, 6) is 0. The van der Waals surface area contributed by atoms with Gasteiger partial charge in [-0.1, -0.05) is 18.2 Å². The molecule has 0 unspecified atom stereocenters. The van der Waals surface area contributed by atoms with Crippen molar-refractivity contribution in [3.8, 4) is 0 Å². The molecule has 5 heteroatoms. The molecule has 2 aromatic rings. The molecule has 0 saturated carbocycles. The average Bonchev–Trinajstić information content (AvgIpc) is 2.37. The van der Waals surface area contributed by atoms with Crippen molar-refractivity contribution in [1.82, 2.24) is 4.98 Å². The Morgan fingerprint density at radius 2 is 1.95 bits per heavy atom. The minimum atomic E-state index is -0.358. The number of pyridine rings is 1. The van der Waals surface area contributed by atoms with Gasteiger partial charge in [0, 0.05) is 11.8 Å². The molecule has 1 N–H and O–H groups in total. The summed E-state index contributed by atoms with van der Waals surface area (Å²) in [6.07, 6.45) is 1.72. The lowest BCUT2D eigenvalue weighted by Crippen LogP contribution is -2.06. The second-order valence-electron chi connectivity index (χ2n) is 4.35. The molecule has 0 aliphatic heterocycles. The average molecular weight is 257 g/mol. The lowest BCUT2D eigenvalue weighted by atomic mass is 10.1. The maximum atomic E-state index is 11.1. The van der Waals surface area contributed by atoms with Gasteiger partial charge in [-0.05, 0) is 31.5 Å². The number of anilines is 1. The predicted molar refractivity (Wildman–Crippen MR) is 74.1 cm³/mol. The monoisotopic (exact) mass is 257 g/mol. The minimum Gasteiger partial charge on any atom is -0.374 e. The van der Waals surface area contributed by atoms with Gasteiger partial charge in [-0.15, -0.1) is 0 Å². The molecule has 0 amide bonds. The van der Waals surface area contributed by atoms with Crippen LogP contribution >= 0.6 is 0 Å². The summed E-state index contributed by atoms with van der Waals surface area (Å²) in [6.45, 7) is 4.17. The highest BCUT2D eigenvalue weighted by Crippen LogP contribution is 2.28. The van der Waals surface area contributed by atoms with Crippen molar-refractivity contribution >= 4 is 11.4 Å². The molecule has 1 aromatic heterocycles. The largest absolute Gasteiger partial charge is 0.374 e. The molecule has 1 heterocycles. The second-order valence-corrected chi connectivity index (χ2v) is 4.35. The predicted octanol–water partition coefficient (Wildman–Crippen LogP) is 3.22. The first-order valence-electron chi connectivity index (χ1n) is 5.98. The molecule has 0 saturated heterocycles. The van der Waals surface area contributed by atoms with Crippen LogP contribution in [-0.2, 0) is 6.54 Å². The zero-order valence-electron chi connectivity index (χ0n) is 10.9. The lowest BCUT2D eigenvalue weighted by Gasteiger charge is -2.09. The van der Waals surface area contributed by atoms with E-state index in [0.717, 1.165) is 11.3 Å². The second kappa shape index (κ2) is 5.48. The SMILES string of the molecule is Cc1cccnc1CNc1cccc(C)c1[N+](=O)[O-]. The van der Waals surface area contributed by atoms with Gasteiger partial charge in [-0.2, -0.15) is 0 Å². The molecule has 98 valence electrons. The number of nitro groups is 1. The molecule has 5 nitrogen and oxygen atoms in total. The Balaban J connectivity index is 2.23. The number of nitrogens with one attached hydrogen (secondary N) is 1. The summed E-state index contributed by atoms with van der Waals surface area (Å²) >= 11 is 0. The molecule has 0 radical (unpaired) electrons. The number of benzene rings is 1. The Hall–Kier alpha value is -2.43. The first-order valence-corrected chi connectivity index (χ1v) is 5.98. The van der Waals surface area contributed by atoms with Crippen LogP contribution in [0.15, 0.2) is 36.5 Å². The molecular weight excluding hydrogens is 242 g/mol. The van der Waals surface area contributed by atoms with E-state index in [4.69, 9.17) is 0 Å². The smallest absolute Gasteiger partial charge is 0.295 e. The maximum Gasteiger partial charge on any atom is 0.295 e. The van der Waals surface area contributed by atoms with Crippen molar-refractivity contribution in [2.45, 2.75) is 20.4 Å². The van der Waals surface area contributed by atoms with E-state index in [-0.39, 0.29) is 10.6 Å². The minimum absolute atomic E-state index is 0.121. The zero-order valence-corrected chi connectivity index (χ0v) is 10.9. The molecule has 0 aliphatic rings. The van der Waals surface area contributed by atoms with Crippen LogP contribution in [0.5, 0.6) is 0 Å². The molecule has 1 aromatic carbocycles. The van der Waals surface area contributed by atoms with Crippen LogP contribution < -0.4 is 5.32 Å². The summed E-state index contributed by atoms with van der Waals surface area (Å²) in [7, 11) is 0. The quantitative estimate of drug-likeness (QED) is 0.674. The summed E-state index contributed by atoms with van der Waals surface area (Å²) < 4.78 is 0. The molecule has 0 aliphatic carbocycles. The number of nitro benzene ring substituents is 1. The van der Waals surface area contributed by atoms with Crippen molar-refractivity contribution < 1.29 is 4.92 Å². The van der Waals surface area contributed by atoms with Crippen LogP contribution in [0.4, 0.5) is 11.4 Å². The highest BCUT2D eigenvalue weighted by Gasteiger charge is 2.16. The maximum absolute atomic E-state index is 11.1. The number of aromatic nitrogens is 1. The zero-order chi connectivity index (χ0) is 13.8. The summed E-state index contributed by atoms with van der Waals surface area (Å²) in [5, 5.41) is 14.2. The topological polar surface area (TPSA) is 68.1 Å². The highest BCUT2D eigenvalue weighted by atomic mass is 16.6. The lowest BCUT2D eigenvalue weighted by molar-refractivity contribution is -0.384. The van der Waals surface area contributed by atoms with Crippen molar-refractivity contribution in [2.24, 2.45) is 0 Å². The van der Waals surface area contributed by atoms with Crippen LogP contribution in [0.3, 0.4) is 0 Å². The van der Waals surface area contributed by atoms with Gasteiger partial charge in [0.25, 0.3) is 5.69 Å². The van der Waals surface area contributed by atoms with Crippen LogP contribution in [-0.4, -0.2) is 9.91 Å². The van der Waals surface area contributed by atoms with E-state index in [1.165, 1.54) is 0 Å². The molecule has 0 spiro atoms. The van der Waals surface area contributed by atoms with Gasteiger partial charge >= 0.3 is 0 Å². The van der Waals surface area contributed by atoms with Crippen molar-refractivity contribution in [3.05, 3.63) is 63.5 Å². The normalized spacial score (nSPS) is 10.2. The standard InChI is InChI=1S/C14H15N3O2/c1-10-6-4-8-15-13(10)9-16-12-7-3-5-11(2)14(12)17(18)19/h3-8,16H,9H2,1-2H3. The molecule has 19 heavy (non-hydrogen) atoms. The van der Waals surface area contributed by atoms with Crippen LogP contribution in [0.2, 0.25) is 0 Å². The van der Waals surface area contributed by atoms with Gasteiger partial charge in [-0.25, -0.2) is 0 Å². The van der Waals surface area contributed by atoms with Crippen LogP contribution in [0, 0.1) is 24.0 Å². The summed E-state index contributed by atoms with van der Waals surface area (Å²) in [5.41, 5.74) is 3.24. The molecule has 0 fully saturated rings. The van der Waals surface area contributed by atoms with E-state index >= 15 is 0 Å². The fraction of sp³-hybridized carbons (Fsp3) is 0.214. The molecular formula is C14H15N3O2. The Kier molecular flexibility index (Phi) is 3.75. The van der Waals surface area contributed by atoms with Gasteiger partial charge in [-0.3, -0.25) is 15.1 Å². The first-order chi connectivity index (χ1) is 9.09. The number of nitrogens with zero attached hydrogens (tertiary/aromatic N) is 2. The Morgan fingerprint density at radius 1 is 1.21 bits per heavy atom. The Bertz CT molecular complexity index is 611. The van der Waals surface area contributed by atoms with Crippen molar-refractivity contribution in [1.29, 1.82) is 0 Å². The van der Waals surface area contributed by atoms with Crippen LogP contribution in [0.25, 0.3) is 0 Å². The van der Waals surface area contributed by atoms with E-state index in [2.05, 4.69) is 10.3 Å². The van der Waals surface area contributed by atoms with Crippen molar-refractivity contribution in [2.75, 3.05) is 5.32 Å². The summed E-state index contributed by atoms with van der Waals surface area (Å²) in [4.78, 5) is 15.0. The first kappa shape index (κ1) is 13.0. The fourth-order valence-electron chi connectivity index (χ4n) is 1.93. The number of hydrogen-bond acceptors (Lipinski definition) is 4. The van der Waals surface area contributed by atoms with Gasteiger partial charge in [0.05, 0.1) is 17.2 Å². The fourth-order valence-corrected chi connectivity index (χ4v) is 1.93. The third kappa shape index (κ3) is 2.88. The van der Waals surface area contributed by atoms with Gasteiger partial charge in [0.1, 0.15) is 5.69 Å². The van der Waals surface area contributed by atoms with Gasteiger partial charge in [0.2, 0.25) is 0 Å². The van der Waals surface area contributed by atoms with E-state index in [0.29, 0.717) is 17.8 Å². The summed E-state index contributed by atoms with van der Waals surface area (Å²) in [6, 6.07) is 9.08. The number of aryl methyl sites for hydroxylation is 2. The molecule has 2 rings (SSSR count). The van der Waals surface area contributed by atoms with E-state index < -0.39 is 0 Å². The van der Waals surface area contributed by atoms with Gasteiger partial charge < -0.3 is 5.32 Å². The van der Waals surface area contributed by atoms with E-state index in [1.54, 1.807) is 31.3 Å². The third-order valence-electron chi connectivity index (χ3n) is 2.98. The van der Waals surface area contributed by atoms with E-state index in [1.807, 2.05) is 19.1 Å². The molecule has 0 atom stereocenters. The number of rotatable bonds is 4. The highest BCUT2D eigenvalue weighted by molar-refractivity contribution is 5.65. The third-order valence-corrected chi connectivity index (χ3v) is 2.98. The number of para-hydroxylation sites is 1. The van der Waals surface area contributed by atoms with E-state index in [9.17, 15) is 10.1 Å². The molecule has 0 bridgehead atoms. The van der Waals surface area contributed by atoms with Crippen molar-refractivity contribution in [3.63, 3.8) is 0 Å². The Morgan fingerprint density at radius 3 is 2.63 bits per heavy atom. The van der Waals surface area contributed by atoms with Gasteiger partial charge in [0.15, 0.2) is 0 Å². The van der Waals surface area contributed by atoms with Crippen LogP contribution in [0.1, 0.15) is 16.8 Å². The number of hydrogen-bond donors (Lipinski definition) is 1. The Labute approximate surface area is 111 Å².